The molecule has 4 nitrogen and oxygen atoms in total. The average Bonchev–Trinajstić information content (AvgIpc) is 3.74. The number of thiazole rings is 1. The Morgan fingerprint density at radius 1 is 0.383 bits per heavy atom. The first-order chi connectivity index (χ1) is 29.7. The third-order valence-electron chi connectivity index (χ3n) is 10.6. The summed E-state index contributed by atoms with van der Waals surface area (Å²) in [6.07, 6.45) is 0. The zero-order valence-corrected chi connectivity index (χ0v) is 35.7. The van der Waals surface area contributed by atoms with E-state index in [0.29, 0.717) is 13.1 Å². The fourth-order valence-corrected chi connectivity index (χ4v) is 15.8. The van der Waals surface area contributed by atoms with Crippen LogP contribution in [-0.4, -0.2) is 4.98 Å². The molecule has 1 N–H and O–H groups in total. The smallest absolute Gasteiger partial charge is 0.167 e. The number of nitrogens with one attached hydrogen (secondary N) is 1. The predicted octanol–water partition coefficient (Wildman–Crippen LogP) is 11.7. The van der Waals surface area contributed by atoms with Crippen molar-refractivity contribution in [1.82, 2.24) is 10.3 Å². The van der Waals surface area contributed by atoms with E-state index in [-0.39, 0.29) is 0 Å². The molecular formula is C53H44N4P2S. The van der Waals surface area contributed by atoms with Crippen molar-refractivity contribution in [3.8, 4) is 10.6 Å². The lowest BCUT2D eigenvalue weighted by atomic mass is 10.2. The molecule has 0 saturated heterocycles. The van der Waals surface area contributed by atoms with Crippen molar-refractivity contribution in [2.75, 3.05) is 0 Å². The summed E-state index contributed by atoms with van der Waals surface area (Å²) in [7, 11) is -5.02. The first kappa shape index (κ1) is 39.3. The van der Waals surface area contributed by atoms with E-state index < -0.39 is 14.1 Å². The van der Waals surface area contributed by atoms with Crippen molar-refractivity contribution in [3.63, 3.8) is 0 Å². The van der Waals surface area contributed by atoms with Gasteiger partial charge in [0.25, 0.3) is 0 Å². The fraction of sp³-hybridized carbons (Fsp3) is 0.0377. The van der Waals surface area contributed by atoms with E-state index >= 15 is 0 Å². The molecule has 0 aliphatic carbocycles. The van der Waals surface area contributed by atoms with Gasteiger partial charge in [0.1, 0.15) is 5.01 Å². The Hall–Kier alpha value is -6.19. The van der Waals surface area contributed by atoms with Crippen molar-refractivity contribution in [2.45, 2.75) is 13.1 Å². The quantitative estimate of drug-likeness (QED) is 0.118. The van der Waals surface area contributed by atoms with Gasteiger partial charge < -0.3 is 5.32 Å². The molecule has 0 aliphatic rings. The van der Waals surface area contributed by atoms with Gasteiger partial charge in [0.15, 0.2) is 5.82 Å². The van der Waals surface area contributed by atoms with Gasteiger partial charge in [-0.25, -0.2) is 9.73 Å². The van der Waals surface area contributed by atoms with Crippen LogP contribution in [0.4, 0.5) is 11.5 Å². The summed E-state index contributed by atoms with van der Waals surface area (Å²) in [6, 6.07) is 83.8. The molecule has 9 aromatic rings. The van der Waals surface area contributed by atoms with Gasteiger partial charge in [-0.2, -0.15) is 0 Å². The summed E-state index contributed by atoms with van der Waals surface area (Å²) in [5.74, 6) is 0.774. The lowest BCUT2D eigenvalue weighted by molar-refractivity contribution is 0.701. The van der Waals surface area contributed by atoms with Crippen LogP contribution in [0.15, 0.2) is 246 Å². The van der Waals surface area contributed by atoms with E-state index in [2.05, 4.69) is 242 Å². The fourth-order valence-electron chi connectivity index (χ4n) is 7.72. The largest absolute Gasteiger partial charge is 0.308 e. The molecule has 8 aromatic carbocycles. The number of benzene rings is 8. The number of nitrogens with zero attached hydrogens (tertiary/aromatic N) is 3. The lowest BCUT2D eigenvalue weighted by Crippen LogP contribution is -2.25. The highest BCUT2D eigenvalue weighted by Gasteiger charge is 2.30. The molecule has 60 heavy (non-hydrogen) atoms. The first-order valence-electron chi connectivity index (χ1n) is 20.2. The first-order valence-corrected chi connectivity index (χ1v) is 24.5. The van der Waals surface area contributed by atoms with Crippen LogP contribution in [0.5, 0.6) is 0 Å². The van der Waals surface area contributed by atoms with Crippen molar-refractivity contribution in [1.29, 1.82) is 0 Å². The summed E-state index contributed by atoms with van der Waals surface area (Å²) in [5, 5.41) is 12.0. The van der Waals surface area contributed by atoms with Crippen molar-refractivity contribution in [2.24, 2.45) is 9.49 Å². The number of rotatable bonds is 13. The van der Waals surface area contributed by atoms with Gasteiger partial charge in [-0.15, -0.1) is 11.3 Å². The summed E-state index contributed by atoms with van der Waals surface area (Å²) >= 11 is 1.71. The average molecular weight is 831 g/mol. The van der Waals surface area contributed by atoms with Gasteiger partial charge in [0.05, 0.1) is 24.7 Å². The van der Waals surface area contributed by atoms with E-state index in [4.69, 9.17) is 14.5 Å². The number of aromatic nitrogens is 1. The molecule has 0 radical (unpaired) electrons. The molecule has 9 rings (SSSR count). The third kappa shape index (κ3) is 8.06. The highest BCUT2D eigenvalue weighted by Crippen LogP contribution is 2.51. The molecule has 0 bridgehead atoms. The second-order valence-electron chi connectivity index (χ2n) is 14.3. The zero-order valence-electron chi connectivity index (χ0n) is 33.1. The third-order valence-corrected chi connectivity index (χ3v) is 18.9. The molecule has 0 spiro atoms. The van der Waals surface area contributed by atoms with E-state index in [1.807, 2.05) is 0 Å². The van der Waals surface area contributed by atoms with Crippen LogP contribution in [0.2, 0.25) is 0 Å². The molecule has 0 aliphatic heterocycles. The minimum absolute atomic E-state index is 0.590. The zero-order chi connectivity index (χ0) is 40.5. The van der Waals surface area contributed by atoms with Crippen LogP contribution in [0, 0.1) is 0 Å². The van der Waals surface area contributed by atoms with Gasteiger partial charge in [-0.1, -0.05) is 231 Å². The van der Waals surface area contributed by atoms with Crippen LogP contribution in [0.3, 0.4) is 0 Å². The van der Waals surface area contributed by atoms with Gasteiger partial charge in [-0.3, -0.25) is 4.74 Å². The van der Waals surface area contributed by atoms with Crippen molar-refractivity contribution >= 4 is 68.8 Å². The van der Waals surface area contributed by atoms with E-state index in [1.54, 1.807) is 11.3 Å². The summed E-state index contributed by atoms with van der Waals surface area (Å²) < 4.78 is 11.8. The van der Waals surface area contributed by atoms with Gasteiger partial charge in [-0.05, 0) is 11.6 Å². The highest BCUT2D eigenvalue weighted by molar-refractivity contribution is 7.88. The maximum absolute atomic E-state index is 5.90. The summed E-state index contributed by atoms with van der Waals surface area (Å²) in [5.41, 5.74) is 3.20. The van der Waals surface area contributed by atoms with E-state index in [0.717, 1.165) is 32.5 Å². The van der Waals surface area contributed by atoms with Gasteiger partial charge in [0.2, 0.25) is 0 Å². The Labute approximate surface area is 357 Å². The molecule has 7 heteroatoms. The van der Waals surface area contributed by atoms with E-state index in [9.17, 15) is 0 Å². The molecule has 0 atom stereocenters. The van der Waals surface area contributed by atoms with Crippen molar-refractivity contribution in [3.05, 3.63) is 247 Å². The van der Waals surface area contributed by atoms with Crippen LogP contribution in [0.25, 0.3) is 10.6 Å². The monoisotopic (exact) mass is 830 g/mol. The Balaban J connectivity index is 1.16. The molecular weight excluding hydrogens is 787 g/mol. The number of hydrogen-bond donors (Lipinski definition) is 1. The van der Waals surface area contributed by atoms with Gasteiger partial charge in [0, 0.05) is 50.5 Å². The van der Waals surface area contributed by atoms with Crippen molar-refractivity contribution < 1.29 is 0 Å². The number of hydrogen-bond acceptors (Lipinski definition) is 5. The maximum atomic E-state index is 5.90. The normalized spacial score (nSPS) is 11.5. The molecule has 0 amide bonds. The minimum Gasteiger partial charge on any atom is -0.308 e. The molecule has 292 valence electrons. The second-order valence-corrected chi connectivity index (χ2v) is 21.5. The second kappa shape index (κ2) is 18.4. The predicted molar refractivity (Wildman–Crippen MR) is 259 cm³/mol. The Morgan fingerprint density at radius 3 is 1.15 bits per heavy atom. The van der Waals surface area contributed by atoms with E-state index in [1.165, 1.54) is 31.8 Å². The van der Waals surface area contributed by atoms with Crippen LogP contribution >= 0.6 is 25.4 Å². The molecule has 0 fully saturated rings. The standard InChI is InChI=1S/C53H44N4P2S/c1-8-24-42(25-9-1)53-55-52(57-59(47-33-16-5-17-34-47,48-35-18-6-19-36-48)49-37-20-7-21-38-49)51(60-53)41-54-40-43-26-22-23-39-50(43)56-58(44-27-10-2-11-28-44,45-29-12-3-13-30-45)46-31-14-4-15-32-46/h1-39,54H,40-41H2. The van der Waals surface area contributed by atoms with Crippen LogP contribution < -0.4 is 37.1 Å². The van der Waals surface area contributed by atoms with Crippen LogP contribution in [0.1, 0.15) is 10.4 Å². The summed E-state index contributed by atoms with van der Waals surface area (Å²) in [6.45, 7) is 1.21. The molecule has 0 unspecified atom stereocenters. The van der Waals surface area contributed by atoms with Gasteiger partial charge >= 0.3 is 0 Å². The lowest BCUT2D eigenvalue weighted by Gasteiger charge is -2.27. The Kier molecular flexibility index (Phi) is 12.0. The Morgan fingerprint density at radius 2 is 0.733 bits per heavy atom. The van der Waals surface area contributed by atoms with Crippen LogP contribution in [-0.2, 0) is 13.1 Å². The SMILES string of the molecule is c1ccc(-c2nc(N=P(c3ccccc3)(c3ccccc3)c3ccccc3)c(CNCc3ccccc3N=P(c3ccccc3)(c3ccccc3)c3ccccc3)s2)cc1. The highest BCUT2D eigenvalue weighted by atomic mass is 32.1. The molecule has 0 saturated carbocycles. The summed E-state index contributed by atoms with van der Waals surface area (Å²) in [4.78, 5) is 6.45. The maximum Gasteiger partial charge on any atom is 0.167 e. The minimum atomic E-state index is -2.56. The molecule has 1 aromatic heterocycles. The topological polar surface area (TPSA) is 49.6 Å². The Bertz CT molecular complexity index is 2680. The molecule has 1 heterocycles.